The zero-order valence-corrected chi connectivity index (χ0v) is 15.7. The molecule has 0 spiro atoms. The number of nitrogens with one attached hydrogen (secondary N) is 1. The molecule has 0 aliphatic rings. The van der Waals surface area contributed by atoms with Crippen molar-refractivity contribution >= 4 is 41.3 Å². The summed E-state index contributed by atoms with van der Waals surface area (Å²) in [7, 11) is 0. The number of nitrogens with two attached hydrogens (primary N) is 1. The van der Waals surface area contributed by atoms with Crippen molar-refractivity contribution in [2.24, 2.45) is 10.7 Å². The van der Waals surface area contributed by atoms with Crippen LogP contribution in [0.2, 0.25) is 0 Å². The van der Waals surface area contributed by atoms with E-state index in [9.17, 15) is 5.11 Å². The van der Waals surface area contributed by atoms with Crippen molar-refractivity contribution in [1.29, 1.82) is 0 Å². The van der Waals surface area contributed by atoms with E-state index in [2.05, 4.69) is 21.8 Å². The average molecular weight is 431 g/mol. The molecule has 0 amide bonds. The summed E-state index contributed by atoms with van der Waals surface area (Å²) in [4.78, 5) is 5.49. The Morgan fingerprint density at radius 3 is 2.68 bits per heavy atom. The highest BCUT2D eigenvalue weighted by Crippen LogP contribution is 2.13. The normalized spacial score (nSPS) is 12.5. The van der Waals surface area contributed by atoms with Gasteiger partial charge in [0.2, 0.25) is 0 Å². The predicted molar refractivity (Wildman–Crippen MR) is 104 cm³/mol. The number of aliphatic hydroxyl groups excluding tert-OH is 1. The molecule has 4 nitrogen and oxygen atoms in total. The van der Waals surface area contributed by atoms with Crippen LogP contribution in [0.5, 0.6) is 0 Å². The maximum atomic E-state index is 10.0. The van der Waals surface area contributed by atoms with E-state index in [1.54, 1.807) is 11.3 Å². The van der Waals surface area contributed by atoms with E-state index in [-0.39, 0.29) is 30.5 Å². The van der Waals surface area contributed by atoms with E-state index in [0.29, 0.717) is 5.96 Å². The first-order valence-corrected chi connectivity index (χ1v) is 7.84. The van der Waals surface area contributed by atoms with Crippen LogP contribution < -0.4 is 11.1 Å². The van der Waals surface area contributed by atoms with E-state index in [0.717, 1.165) is 18.5 Å². The SMILES string of the molecule is Cc1ccc(C(O)CN=C(N)NCCc2cccs2)cc1.I. The number of hydrogen-bond donors (Lipinski definition) is 3. The summed E-state index contributed by atoms with van der Waals surface area (Å²) >= 11 is 1.73. The second-order valence-electron chi connectivity index (χ2n) is 4.91. The lowest BCUT2D eigenvalue weighted by Crippen LogP contribution is -2.33. The van der Waals surface area contributed by atoms with Gasteiger partial charge in [-0.25, -0.2) is 0 Å². The molecule has 1 aromatic heterocycles. The fraction of sp³-hybridized carbons (Fsp3) is 0.312. The molecule has 0 aliphatic carbocycles. The Morgan fingerprint density at radius 1 is 1.32 bits per heavy atom. The molecule has 2 rings (SSSR count). The molecule has 22 heavy (non-hydrogen) atoms. The lowest BCUT2D eigenvalue weighted by atomic mass is 10.1. The maximum absolute atomic E-state index is 10.0. The first kappa shape index (κ1) is 18.9. The number of aryl methyl sites for hydroxylation is 1. The monoisotopic (exact) mass is 431 g/mol. The van der Waals surface area contributed by atoms with Gasteiger partial charge in [0.05, 0.1) is 12.6 Å². The summed E-state index contributed by atoms with van der Waals surface area (Å²) in [5, 5.41) is 15.2. The smallest absolute Gasteiger partial charge is 0.188 e. The second-order valence-corrected chi connectivity index (χ2v) is 5.94. The molecule has 120 valence electrons. The van der Waals surface area contributed by atoms with Gasteiger partial charge >= 0.3 is 0 Å². The fourth-order valence-electron chi connectivity index (χ4n) is 1.90. The maximum Gasteiger partial charge on any atom is 0.188 e. The van der Waals surface area contributed by atoms with Gasteiger partial charge in [-0.15, -0.1) is 35.3 Å². The Hall–Kier alpha value is -1.12. The summed E-state index contributed by atoms with van der Waals surface area (Å²) in [6, 6.07) is 11.9. The van der Waals surface area contributed by atoms with Crippen molar-refractivity contribution in [1.82, 2.24) is 5.32 Å². The van der Waals surface area contributed by atoms with Crippen LogP contribution in [0.25, 0.3) is 0 Å². The molecule has 1 atom stereocenters. The summed E-state index contributed by atoms with van der Waals surface area (Å²) in [5.74, 6) is 0.373. The predicted octanol–water partition coefficient (Wildman–Crippen LogP) is 2.85. The Labute approximate surface area is 152 Å². The van der Waals surface area contributed by atoms with Gasteiger partial charge in [0.15, 0.2) is 5.96 Å². The number of rotatable bonds is 6. The number of benzene rings is 1. The summed E-state index contributed by atoms with van der Waals surface area (Å²) in [6.07, 6.45) is 0.303. The third-order valence-electron chi connectivity index (χ3n) is 3.15. The van der Waals surface area contributed by atoms with Gasteiger partial charge in [-0.2, -0.15) is 0 Å². The van der Waals surface area contributed by atoms with Gasteiger partial charge in [0, 0.05) is 11.4 Å². The molecule has 0 bridgehead atoms. The van der Waals surface area contributed by atoms with Crippen molar-refractivity contribution < 1.29 is 5.11 Å². The minimum Gasteiger partial charge on any atom is -0.386 e. The van der Waals surface area contributed by atoms with Crippen LogP contribution in [0.3, 0.4) is 0 Å². The number of hydrogen-bond acceptors (Lipinski definition) is 3. The Bertz CT molecular complexity index is 570. The van der Waals surface area contributed by atoms with Crippen LogP contribution in [0.1, 0.15) is 22.1 Å². The van der Waals surface area contributed by atoms with Crippen molar-refractivity contribution in [3.05, 3.63) is 57.8 Å². The molecule has 1 unspecified atom stereocenters. The van der Waals surface area contributed by atoms with Crippen LogP contribution >= 0.6 is 35.3 Å². The highest BCUT2D eigenvalue weighted by atomic mass is 127. The largest absolute Gasteiger partial charge is 0.386 e. The van der Waals surface area contributed by atoms with E-state index in [4.69, 9.17) is 5.73 Å². The number of aliphatic hydroxyl groups is 1. The van der Waals surface area contributed by atoms with E-state index < -0.39 is 6.10 Å². The quantitative estimate of drug-likeness (QED) is 0.374. The number of thiophene rings is 1. The molecular weight excluding hydrogens is 409 g/mol. The van der Waals surface area contributed by atoms with Gasteiger partial charge in [-0.3, -0.25) is 4.99 Å². The molecule has 1 aromatic carbocycles. The fourth-order valence-corrected chi connectivity index (χ4v) is 2.61. The first-order valence-electron chi connectivity index (χ1n) is 6.96. The van der Waals surface area contributed by atoms with Crippen LogP contribution in [-0.2, 0) is 6.42 Å². The Kier molecular flexibility index (Phi) is 8.44. The molecular formula is C16H22IN3OS. The summed E-state index contributed by atoms with van der Waals surface area (Å²) < 4.78 is 0. The average Bonchev–Trinajstić information content (AvgIpc) is 2.99. The number of nitrogens with zero attached hydrogens (tertiary/aromatic N) is 1. The lowest BCUT2D eigenvalue weighted by molar-refractivity contribution is 0.187. The van der Waals surface area contributed by atoms with Crippen LogP contribution in [0.15, 0.2) is 46.8 Å². The van der Waals surface area contributed by atoms with Crippen LogP contribution in [0.4, 0.5) is 0 Å². The summed E-state index contributed by atoms with van der Waals surface area (Å²) in [6.45, 7) is 3.03. The standard InChI is InChI=1S/C16H21N3OS.HI/c1-12-4-6-13(7-5-12)15(20)11-19-16(17)18-9-8-14-3-2-10-21-14;/h2-7,10,15,20H,8-9,11H2,1H3,(H3,17,18,19);1H. The third-order valence-corrected chi connectivity index (χ3v) is 4.09. The number of aliphatic imine (C=N–C) groups is 1. The minimum atomic E-state index is -0.622. The molecule has 0 saturated heterocycles. The summed E-state index contributed by atoms with van der Waals surface area (Å²) in [5.41, 5.74) is 7.82. The van der Waals surface area contributed by atoms with Crippen molar-refractivity contribution in [3.8, 4) is 0 Å². The van der Waals surface area contributed by atoms with E-state index >= 15 is 0 Å². The van der Waals surface area contributed by atoms with Gasteiger partial charge in [0.1, 0.15) is 0 Å². The topological polar surface area (TPSA) is 70.6 Å². The number of halogens is 1. The molecule has 0 aliphatic heterocycles. The van der Waals surface area contributed by atoms with Crippen molar-refractivity contribution in [2.45, 2.75) is 19.4 Å². The highest BCUT2D eigenvalue weighted by Gasteiger charge is 2.06. The molecule has 0 fully saturated rings. The molecule has 4 N–H and O–H groups in total. The number of guanidine groups is 1. The molecule has 0 radical (unpaired) electrons. The zero-order chi connectivity index (χ0) is 15.1. The Balaban J connectivity index is 0.00000242. The lowest BCUT2D eigenvalue weighted by Gasteiger charge is -2.10. The highest BCUT2D eigenvalue weighted by molar-refractivity contribution is 14.0. The molecule has 6 heteroatoms. The minimum absolute atomic E-state index is 0. The molecule has 0 saturated carbocycles. The van der Waals surface area contributed by atoms with E-state index in [1.165, 1.54) is 10.4 Å². The van der Waals surface area contributed by atoms with Crippen molar-refractivity contribution in [3.63, 3.8) is 0 Å². The van der Waals surface area contributed by atoms with Crippen LogP contribution in [-0.4, -0.2) is 24.2 Å². The van der Waals surface area contributed by atoms with Gasteiger partial charge in [0.25, 0.3) is 0 Å². The van der Waals surface area contributed by atoms with Crippen molar-refractivity contribution in [2.75, 3.05) is 13.1 Å². The molecule has 2 aromatic rings. The third kappa shape index (κ3) is 6.33. The Morgan fingerprint density at radius 2 is 2.05 bits per heavy atom. The first-order chi connectivity index (χ1) is 10.1. The van der Waals surface area contributed by atoms with E-state index in [1.807, 2.05) is 37.3 Å². The second kappa shape index (κ2) is 9.81. The zero-order valence-electron chi connectivity index (χ0n) is 12.5. The van der Waals surface area contributed by atoms with Gasteiger partial charge in [-0.05, 0) is 30.4 Å². The van der Waals surface area contributed by atoms with Gasteiger partial charge < -0.3 is 16.2 Å². The van der Waals surface area contributed by atoms with Crippen LogP contribution in [0, 0.1) is 6.92 Å². The van der Waals surface area contributed by atoms with Gasteiger partial charge in [-0.1, -0.05) is 35.9 Å². The molecule has 1 heterocycles.